The number of rotatable bonds is 5. The number of nitrogens with zero attached hydrogens (tertiary/aromatic N) is 1. The molecule has 0 aliphatic carbocycles. The summed E-state index contributed by atoms with van der Waals surface area (Å²) in [6.45, 7) is 5.82. The van der Waals surface area contributed by atoms with E-state index in [1.807, 2.05) is 0 Å². The molecule has 0 saturated carbocycles. The fraction of sp³-hybridized carbons (Fsp3) is 0.368. The summed E-state index contributed by atoms with van der Waals surface area (Å²) >= 11 is 11.8. The molecule has 28 heavy (non-hydrogen) atoms. The molecular formula is C19H23Cl2N3O3S. The van der Waals surface area contributed by atoms with E-state index in [1.54, 1.807) is 25.3 Å². The third kappa shape index (κ3) is 4.66. The first-order valence-electron chi connectivity index (χ1n) is 8.86. The molecule has 0 spiro atoms. The lowest BCUT2D eigenvalue weighted by molar-refractivity contribution is 0.391. The Morgan fingerprint density at radius 2 is 1.75 bits per heavy atom. The molecule has 2 atom stereocenters. The zero-order valence-electron chi connectivity index (χ0n) is 15.9. The van der Waals surface area contributed by atoms with Crippen molar-refractivity contribution in [2.45, 2.75) is 30.8 Å². The molecule has 0 unspecified atom stereocenters. The Kier molecular flexibility index (Phi) is 6.29. The summed E-state index contributed by atoms with van der Waals surface area (Å²) in [6.07, 6.45) is 0. The maximum Gasteiger partial charge on any atom is 0.261 e. The first-order chi connectivity index (χ1) is 13.2. The zero-order chi connectivity index (χ0) is 20.5. The molecule has 1 heterocycles. The average molecular weight is 444 g/mol. The van der Waals surface area contributed by atoms with Gasteiger partial charge in [-0.3, -0.25) is 4.72 Å². The van der Waals surface area contributed by atoms with Crippen molar-refractivity contribution >= 4 is 44.6 Å². The molecule has 1 aliphatic heterocycles. The van der Waals surface area contributed by atoms with Gasteiger partial charge in [0.1, 0.15) is 5.75 Å². The van der Waals surface area contributed by atoms with Gasteiger partial charge in [-0.05, 0) is 50.2 Å². The molecule has 1 saturated heterocycles. The highest BCUT2D eigenvalue weighted by molar-refractivity contribution is 7.92. The zero-order valence-corrected chi connectivity index (χ0v) is 18.2. The van der Waals surface area contributed by atoms with Crippen molar-refractivity contribution in [1.82, 2.24) is 5.32 Å². The quantitative estimate of drug-likeness (QED) is 0.730. The number of hydrogen-bond donors (Lipinski definition) is 2. The van der Waals surface area contributed by atoms with E-state index in [-0.39, 0.29) is 9.92 Å². The van der Waals surface area contributed by atoms with Crippen LogP contribution in [0.3, 0.4) is 0 Å². The van der Waals surface area contributed by atoms with Gasteiger partial charge in [-0.2, -0.15) is 0 Å². The van der Waals surface area contributed by atoms with Crippen molar-refractivity contribution in [1.29, 1.82) is 0 Å². The van der Waals surface area contributed by atoms with Gasteiger partial charge in [0, 0.05) is 25.2 Å². The third-order valence-electron chi connectivity index (χ3n) is 4.53. The van der Waals surface area contributed by atoms with E-state index in [0.717, 1.165) is 18.8 Å². The van der Waals surface area contributed by atoms with Crippen LogP contribution in [0.25, 0.3) is 0 Å². The molecule has 2 N–H and O–H groups in total. The minimum absolute atomic E-state index is 0.0451. The van der Waals surface area contributed by atoms with Crippen LogP contribution < -0.4 is 19.7 Å². The largest absolute Gasteiger partial charge is 0.495 e. The fourth-order valence-corrected chi connectivity index (χ4v) is 4.82. The number of ether oxygens (including phenoxy) is 1. The lowest BCUT2D eigenvalue weighted by atomic mass is 10.1. The molecule has 9 heteroatoms. The predicted molar refractivity (Wildman–Crippen MR) is 115 cm³/mol. The van der Waals surface area contributed by atoms with Gasteiger partial charge in [-0.25, -0.2) is 8.42 Å². The second kappa shape index (κ2) is 8.37. The van der Waals surface area contributed by atoms with Gasteiger partial charge in [0.15, 0.2) is 0 Å². The SMILES string of the molecule is COc1ccc(NS(=O)(=O)c2ccc(Cl)c(Cl)c2)cc1N1C[C@@H](C)N[C@@H](C)C1. The number of anilines is 2. The molecule has 1 fully saturated rings. The molecule has 0 radical (unpaired) electrons. The van der Waals surface area contributed by atoms with Crippen LogP contribution in [0.5, 0.6) is 5.75 Å². The highest BCUT2D eigenvalue weighted by Gasteiger charge is 2.24. The van der Waals surface area contributed by atoms with Gasteiger partial charge < -0.3 is 15.0 Å². The summed E-state index contributed by atoms with van der Waals surface area (Å²) in [4.78, 5) is 2.24. The fourth-order valence-electron chi connectivity index (χ4n) is 3.38. The van der Waals surface area contributed by atoms with E-state index in [9.17, 15) is 8.42 Å². The average Bonchev–Trinajstić information content (AvgIpc) is 2.62. The predicted octanol–water partition coefficient (Wildman–Crippen LogP) is 3.99. The van der Waals surface area contributed by atoms with Crippen LogP contribution in [-0.2, 0) is 10.0 Å². The Labute approximate surface area is 175 Å². The van der Waals surface area contributed by atoms with E-state index in [2.05, 4.69) is 28.8 Å². The van der Waals surface area contributed by atoms with Gasteiger partial charge in [0.25, 0.3) is 10.0 Å². The maximum atomic E-state index is 12.7. The van der Waals surface area contributed by atoms with Crippen molar-refractivity contribution in [2.75, 3.05) is 29.8 Å². The van der Waals surface area contributed by atoms with Crippen LogP contribution >= 0.6 is 23.2 Å². The summed E-state index contributed by atoms with van der Waals surface area (Å²) < 4.78 is 33.6. The van der Waals surface area contributed by atoms with Gasteiger partial charge >= 0.3 is 0 Å². The summed E-state index contributed by atoms with van der Waals surface area (Å²) in [7, 11) is -2.20. The van der Waals surface area contributed by atoms with Gasteiger partial charge in [0.05, 0.1) is 33.4 Å². The van der Waals surface area contributed by atoms with Crippen molar-refractivity contribution in [3.63, 3.8) is 0 Å². The van der Waals surface area contributed by atoms with E-state index in [4.69, 9.17) is 27.9 Å². The molecule has 0 aromatic heterocycles. The number of piperazine rings is 1. The van der Waals surface area contributed by atoms with Crippen LogP contribution in [0.2, 0.25) is 10.0 Å². The Hall–Kier alpha value is -1.67. The molecule has 0 amide bonds. The van der Waals surface area contributed by atoms with Crippen LogP contribution in [0.15, 0.2) is 41.3 Å². The van der Waals surface area contributed by atoms with Crippen molar-refractivity contribution < 1.29 is 13.2 Å². The topological polar surface area (TPSA) is 70.7 Å². The van der Waals surface area contributed by atoms with Gasteiger partial charge in [-0.15, -0.1) is 0 Å². The number of nitrogens with one attached hydrogen (secondary N) is 2. The minimum atomic E-state index is -3.81. The first kappa shape index (κ1) is 21.0. The lowest BCUT2D eigenvalue weighted by Gasteiger charge is -2.38. The highest BCUT2D eigenvalue weighted by Crippen LogP contribution is 2.34. The Morgan fingerprint density at radius 3 is 2.36 bits per heavy atom. The molecule has 2 aromatic rings. The van der Waals surface area contributed by atoms with Crippen molar-refractivity contribution in [2.24, 2.45) is 0 Å². The standard InChI is InChI=1S/C19H23Cl2N3O3S/c1-12-10-24(11-13(2)22-12)18-8-14(4-7-19(18)27-3)23-28(25,26)15-5-6-16(20)17(21)9-15/h4-9,12-13,22-23H,10-11H2,1-3H3/t12-,13+. The summed E-state index contributed by atoms with van der Waals surface area (Å²) in [5.74, 6) is 0.693. The second-order valence-electron chi connectivity index (χ2n) is 6.94. The summed E-state index contributed by atoms with van der Waals surface area (Å²) in [5.41, 5.74) is 1.29. The molecule has 3 rings (SSSR count). The number of benzene rings is 2. The monoisotopic (exact) mass is 443 g/mol. The third-order valence-corrected chi connectivity index (χ3v) is 6.65. The van der Waals surface area contributed by atoms with Crippen LogP contribution in [0.1, 0.15) is 13.8 Å². The van der Waals surface area contributed by atoms with Crippen LogP contribution in [0, 0.1) is 0 Å². The molecule has 2 aromatic carbocycles. The van der Waals surface area contributed by atoms with Gasteiger partial charge in [-0.1, -0.05) is 23.2 Å². The van der Waals surface area contributed by atoms with E-state index in [1.165, 1.54) is 18.2 Å². The minimum Gasteiger partial charge on any atom is -0.495 e. The smallest absolute Gasteiger partial charge is 0.261 e. The van der Waals surface area contributed by atoms with Crippen LogP contribution in [-0.4, -0.2) is 40.7 Å². The van der Waals surface area contributed by atoms with E-state index < -0.39 is 10.0 Å². The molecule has 1 aliphatic rings. The summed E-state index contributed by atoms with van der Waals surface area (Å²) in [6, 6.07) is 10.1. The van der Waals surface area contributed by atoms with E-state index >= 15 is 0 Å². The molecule has 6 nitrogen and oxygen atoms in total. The Balaban J connectivity index is 1.91. The Morgan fingerprint density at radius 1 is 1.07 bits per heavy atom. The Bertz CT molecular complexity index is 959. The number of hydrogen-bond acceptors (Lipinski definition) is 5. The number of halogens is 2. The maximum absolute atomic E-state index is 12.7. The normalized spacial score (nSPS) is 20.1. The highest BCUT2D eigenvalue weighted by atomic mass is 35.5. The number of methoxy groups -OCH3 is 1. The first-order valence-corrected chi connectivity index (χ1v) is 11.1. The molecule has 152 valence electrons. The number of sulfonamides is 1. The molecule has 0 bridgehead atoms. The molecular weight excluding hydrogens is 421 g/mol. The van der Waals surface area contributed by atoms with E-state index in [0.29, 0.717) is 28.5 Å². The van der Waals surface area contributed by atoms with Crippen molar-refractivity contribution in [3.8, 4) is 5.75 Å². The van der Waals surface area contributed by atoms with Crippen molar-refractivity contribution in [3.05, 3.63) is 46.4 Å². The second-order valence-corrected chi connectivity index (χ2v) is 9.44. The lowest BCUT2D eigenvalue weighted by Crippen LogP contribution is -2.54. The summed E-state index contributed by atoms with van der Waals surface area (Å²) in [5, 5.41) is 3.97. The van der Waals surface area contributed by atoms with Gasteiger partial charge in [0.2, 0.25) is 0 Å². The van der Waals surface area contributed by atoms with Crippen LogP contribution in [0.4, 0.5) is 11.4 Å².